The zero-order valence-electron chi connectivity index (χ0n) is 15.3. The van der Waals surface area contributed by atoms with E-state index < -0.39 is 23.3 Å². The minimum Gasteiger partial charge on any atom is -0.493 e. The average molecular weight is 368 g/mol. The first-order chi connectivity index (χ1) is 12.2. The Hall–Kier alpha value is -2.81. The second kappa shape index (κ2) is 9.62. The van der Waals surface area contributed by atoms with E-state index >= 15 is 0 Å². The topological polar surface area (TPSA) is 123 Å². The Labute approximate surface area is 151 Å². The van der Waals surface area contributed by atoms with Gasteiger partial charge in [0.25, 0.3) is 5.91 Å². The van der Waals surface area contributed by atoms with Crippen molar-refractivity contribution >= 4 is 17.8 Å². The van der Waals surface area contributed by atoms with Crippen LogP contribution in [0.3, 0.4) is 0 Å². The molecule has 2 amide bonds. The molecule has 9 nitrogen and oxygen atoms in total. The molecule has 1 aromatic carbocycles. The number of carboxylic acid groups (broad SMARTS) is 1. The van der Waals surface area contributed by atoms with Crippen LogP contribution in [0.2, 0.25) is 0 Å². The normalized spacial score (nSPS) is 12.6. The van der Waals surface area contributed by atoms with Crippen LogP contribution < -0.4 is 20.1 Å². The van der Waals surface area contributed by atoms with Gasteiger partial charge in [0, 0.05) is 12.7 Å². The molecule has 9 heteroatoms. The molecule has 0 bridgehead atoms. The molecule has 1 aromatic rings. The summed E-state index contributed by atoms with van der Waals surface area (Å²) in [6.45, 7) is 1.26. The van der Waals surface area contributed by atoms with Gasteiger partial charge in [-0.15, -0.1) is 0 Å². The number of rotatable bonds is 10. The smallest absolute Gasteiger partial charge is 0.305 e. The molecule has 26 heavy (non-hydrogen) atoms. The van der Waals surface area contributed by atoms with Crippen LogP contribution in [0.4, 0.5) is 0 Å². The van der Waals surface area contributed by atoms with Crippen molar-refractivity contribution in [3.05, 3.63) is 23.8 Å². The minimum absolute atomic E-state index is 0.0225. The Bertz CT molecular complexity index is 663. The third kappa shape index (κ3) is 6.25. The van der Waals surface area contributed by atoms with Crippen molar-refractivity contribution in [3.8, 4) is 11.5 Å². The van der Waals surface area contributed by atoms with Crippen LogP contribution in [0.25, 0.3) is 0 Å². The van der Waals surface area contributed by atoms with Crippen molar-refractivity contribution < 1.29 is 33.7 Å². The van der Waals surface area contributed by atoms with Gasteiger partial charge in [0.05, 0.1) is 39.3 Å². The predicted octanol–water partition coefficient (Wildman–Crippen LogP) is 0.430. The molecular weight excluding hydrogens is 344 g/mol. The second-order valence-corrected chi connectivity index (χ2v) is 5.86. The quantitative estimate of drug-likeness (QED) is 0.547. The Morgan fingerprint density at radius 2 is 1.77 bits per heavy atom. The third-order valence-corrected chi connectivity index (χ3v) is 3.50. The zero-order valence-corrected chi connectivity index (χ0v) is 15.3. The van der Waals surface area contributed by atoms with E-state index in [2.05, 4.69) is 10.6 Å². The fraction of sp³-hybridized carbons (Fsp3) is 0.471. The molecule has 0 saturated carbocycles. The van der Waals surface area contributed by atoms with Crippen LogP contribution in [0.1, 0.15) is 23.7 Å². The molecular formula is C17H24N2O7. The molecule has 0 radical (unpaired) electrons. The lowest BCUT2D eigenvalue weighted by Crippen LogP contribution is -2.53. The van der Waals surface area contributed by atoms with Crippen LogP contribution in [0.15, 0.2) is 18.2 Å². The Kier molecular flexibility index (Phi) is 7.85. The molecule has 0 aliphatic rings. The highest BCUT2D eigenvalue weighted by atomic mass is 16.5. The number of carboxylic acids is 1. The van der Waals surface area contributed by atoms with Crippen molar-refractivity contribution in [3.63, 3.8) is 0 Å². The Morgan fingerprint density at radius 1 is 1.12 bits per heavy atom. The standard InChI is InChI=1S/C17H24N2O7/c1-17(10-24-2,8-15(21)22)19-14(20)9-18-16(23)11-5-6-12(25-3)13(7-11)26-4/h5-7H,8-10H2,1-4H3,(H,18,23)(H,19,20)(H,21,22). The van der Waals surface area contributed by atoms with Gasteiger partial charge >= 0.3 is 5.97 Å². The van der Waals surface area contributed by atoms with Gasteiger partial charge in [0.2, 0.25) is 5.91 Å². The number of hydrogen-bond acceptors (Lipinski definition) is 6. The maximum Gasteiger partial charge on any atom is 0.305 e. The van der Waals surface area contributed by atoms with Crippen LogP contribution >= 0.6 is 0 Å². The van der Waals surface area contributed by atoms with Crippen molar-refractivity contribution in [2.45, 2.75) is 18.9 Å². The molecule has 0 spiro atoms. The molecule has 3 N–H and O–H groups in total. The first kappa shape index (κ1) is 21.2. The van der Waals surface area contributed by atoms with E-state index in [0.29, 0.717) is 17.1 Å². The van der Waals surface area contributed by atoms with Gasteiger partial charge in [0.1, 0.15) is 0 Å². The van der Waals surface area contributed by atoms with Gasteiger partial charge < -0.3 is 30.0 Å². The fourth-order valence-corrected chi connectivity index (χ4v) is 2.40. The molecule has 0 aliphatic heterocycles. The maximum absolute atomic E-state index is 12.2. The Balaban J connectivity index is 2.68. The lowest BCUT2D eigenvalue weighted by atomic mass is 9.99. The molecule has 1 unspecified atom stereocenters. The highest BCUT2D eigenvalue weighted by Gasteiger charge is 2.29. The van der Waals surface area contributed by atoms with E-state index in [0.717, 1.165) is 0 Å². The van der Waals surface area contributed by atoms with E-state index in [1.165, 1.54) is 33.5 Å². The van der Waals surface area contributed by atoms with E-state index in [1.54, 1.807) is 13.0 Å². The molecule has 1 atom stereocenters. The van der Waals surface area contributed by atoms with Crippen LogP contribution in [0, 0.1) is 0 Å². The van der Waals surface area contributed by atoms with E-state index in [1.807, 2.05) is 0 Å². The number of carbonyl (C=O) groups is 3. The van der Waals surface area contributed by atoms with Gasteiger partial charge in [-0.05, 0) is 25.1 Å². The highest BCUT2D eigenvalue weighted by Crippen LogP contribution is 2.27. The summed E-state index contributed by atoms with van der Waals surface area (Å²) in [6.07, 6.45) is -0.309. The highest BCUT2D eigenvalue weighted by molar-refractivity contribution is 5.97. The SMILES string of the molecule is COCC(C)(CC(=O)O)NC(=O)CNC(=O)c1ccc(OC)c(OC)c1. The monoisotopic (exact) mass is 368 g/mol. The number of hydrogen-bond donors (Lipinski definition) is 3. The number of nitrogens with one attached hydrogen (secondary N) is 2. The molecule has 144 valence electrons. The molecule has 0 aromatic heterocycles. The van der Waals surface area contributed by atoms with Gasteiger partial charge in [-0.1, -0.05) is 0 Å². The van der Waals surface area contributed by atoms with Crippen molar-refractivity contribution in [1.82, 2.24) is 10.6 Å². The van der Waals surface area contributed by atoms with Gasteiger partial charge in [-0.3, -0.25) is 14.4 Å². The van der Waals surface area contributed by atoms with Crippen LogP contribution in [-0.4, -0.2) is 62.9 Å². The number of benzene rings is 1. The number of carbonyl (C=O) groups excluding carboxylic acids is 2. The summed E-state index contributed by atoms with van der Waals surface area (Å²) in [5.41, 5.74) is -0.785. The molecule has 0 aliphatic carbocycles. The van der Waals surface area contributed by atoms with Crippen molar-refractivity contribution in [1.29, 1.82) is 0 Å². The number of ether oxygens (including phenoxy) is 3. The second-order valence-electron chi connectivity index (χ2n) is 5.86. The summed E-state index contributed by atoms with van der Waals surface area (Å²) in [7, 11) is 4.34. The summed E-state index contributed by atoms with van der Waals surface area (Å²) in [5, 5.41) is 14.0. The summed E-state index contributed by atoms with van der Waals surface area (Å²) in [4.78, 5) is 35.2. The zero-order chi connectivity index (χ0) is 19.7. The van der Waals surface area contributed by atoms with Gasteiger partial charge in [-0.2, -0.15) is 0 Å². The van der Waals surface area contributed by atoms with Gasteiger partial charge in [-0.25, -0.2) is 0 Å². The van der Waals surface area contributed by atoms with Crippen LogP contribution in [-0.2, 0) is 14.3 Å². The lowest BCUT2D eigenvalue weighted by Gasteiger charge is -2.28. The summed E-state index contributed by atoms with van der Waals surface area (Å²) >= 11 is 0. The number of amides is 2. The molecule has 0 heterocycles. The third-order valence-electron chi connectivity index (χ3n) is 3.50. The number of methoxy groups -OCH3 is 3. The van der Waals surface area contributed by atoms with E-state index in [4.69, 9.17) is 19.3 Å². The predicted molar refractivity (Wildman–Crippen MR) is 92.6 cm³/mol. The Morgan fingerprint density at radius 3 is 2.31 bits per heavy atom. The first-order valence-electron chi connectivity index (χ1n) is 7.76. The largest absolute Gasteiger partial charge is 0.493 e. The molecule has 1 rings (SSSR count). The summed E-state index contributed by atoms with van der Waals surface area (Å²) < 4.78 is 15.2. The maximum atomic E-state index is 12.2. The van der Waals surface area contributed by atoms with Crippen molar-refractivity contribution in [2.75, 3.05) is 34.5 Å². The van der Waals surface area contributed by atoms with E-state index in [9.17, 15) is 14.4 Å². The molecule has 0 saturated heterocycles. The minimum atomic E-state index is -1.08. The van der Waals surface area contributed by atoms with Gasteiger partial charge in [0.15, 0.2) is 11.5 Å². The molecule has 0 fully saturated rings. The number of aliphatic carboxylic acids is 1. The van der Waals surface area contributed by atoms with Crippen LogP contribution in [0.5, 0.6) is 11.5 Å². The lowest BCUT2D eigenvalue weighted by molar-refractivity contribution is -0.139. The fourth-order valence-electron chi connectivity index (χ4n) is 2.40. The van der Waals surface area contributed by atoms with Crippen molar-refractivity contribution in [2.24, 2.45) is 0 Å². The average Bonchev–Trinajstić information content (AvgIpc) is 2.58. The first-order valence-corrected chi connectivity index (χ1v) is 7.76. The summed E-state index contributed by atoms with van der Waals surface area (Å²) in [5.74, 6) is -1.21. The summed E-state index contributed by atoms with van der Waals surface area (Å²) in [6, 6.07) is 4.61. The van der Waals surface area contributed by atoms with E-state index in [-0.39, 0.29) is 19.6 Å².